The number of nitrogens with zero attached hydrogens (tertiary/aromatic N) is 1. The van der Waals surface area contributed by atoms with Gasteiger partial charge in [-0.05, 0) is 30.9 Å². The molecule has 0 heterocycles. The largest absolute Gasteiger partial charge is 0.245 e. The standard InChI is InChI=1S/C13H16ClF2NO2S/c1-2-17(8-9-3-4-9)20(18,19)12-6-5-11(15)10(7-14)13(12)16/h5-6,9H,2-4,7-8H2,1H3. The average molecular weight is 324 g/mol. The molecule has 0 aliphatic heterocycles. The molecule has 0 atom stereocenters. The zero-order chi connectivity index (χ0) is 14.9. The van der Waals surface area contributed by atoms with E-state index < -0.39 is 38.0 Å². The first-order valence-electron chi connectivity index (χ1n) is 6.44. The SMILES string of the molecule is CCN(CC1CC1)S(=O)(=O)c1ccc(F)c(CCl)c1F. The topological polar surface area (TPSA) is 37.4 Å². The van der Waals surface area contributed by atoms with Crippen LogP contribution in [0.4, 0.5) is 8.78 Å². The molecule has 0 bridgehead atoms. The molecule has 1 fully saturated rings. The third-order valence-corrected chi connectivity index (χ3v) is 5.64. The molecule has 1 aliphatic rings. The van der Waals surface area contributed by atoms with Gasteiger partial charge < -0.3 is 0 Å². The van der Waals surface area contributed by atoms with Crippen LogP contribution in [-0.2, 0) is 15.9 Å². The van der Waals surface area contributed by atoms with Crippen LogP contribution in [0.25, 0.3) is 0 Å². The summed E-state index contributed by atoms with van der Waals surface area (Å²) in [5.41, 5.74) is -0.407. The number of benzene rings is 1. The Labute approximate surface area is 122 Å². The van der Waals surface area contributed by atoms with Crippen LogP contribution in [0.3, 0.4) is 0 Å². The van der Waals surface area contributed by atoms with Crippen LogP contribution in [0.5, 0.6) is 0 Å². The molecule has 3 nitrogen and oxygen atoms in total. The van der Waals surface area contributed by atoms with Gasteiger partial charge >= 0.3 is 0 Å². The Balaban J connectivity index is 2.42. The fourth-order valence-electron chi connectivity index (χ4n) is 2.02. The molecule has 0 aromatic heterocycles. The Hall–Kier alpha value is -0.720. The highest BCUT2D eigenvalue weighted by Crippen LogP contribution is 2.32. The Kier molecular flexibility index (Phi) is 4.66. The first-order valence-corrected chi connectivity index (χ1v) is 8.42. The summed E-state index contributed by atoms with van der Waals surface area (Å²) in [7, 11) is -3.95. The van der Waals surface area contributed by atoms with Gasteiger partial charge in [0.15, 0.2) is 5.82 Å². The van der Waals surface area contributed by atoms with E-state index in [9.17, 15) is 17.2 Å². The van der Waals surface area contributed by atoms with Crippen LogP contribution in [0.2, 0.25) is 0 Å². The molecule has 1 aliphatic carbocycles. The summed E-state index contributed by atoms with van der Waals surface area (Å²) in [5, 5.41) is 0. The van der Waals surface area contributed by atoms with Crippen molar-refractivity contribution in [3.8, 4) is 0 Å². The maximum Gasteiger partial charge on any atom is 0.245 e. The molecule has 1 aromatic carbocycles. The summed E-state index contributed by atoms with van der Waals surface area (Å²) >= 11 is 5.48. The molecular formula is C13H16ClF2NO2S. The molecule has 7 heteroatoms. The summed E-state index contributed by atoms with van der Waals surface area (Å²) in [6.45, 7) is 2.33. The highest BCUT2D eigenvalue weighted by atomic mass is 35.5. The van der Waals surface area contributed by atoms with Gasteiger partial charge in [0.1, 0.15) is 10.7 Å². The second-order valence-electron chi connectivity index (χ2n) is 4.87. The van der Waals surface area contributed by atoms with Crippen molar-refractivity contribution in [3.63, 3.8) is 0 Å². The van der Waals surface area contributed by atoms with Gasteiger partial charge in [0.2, 0.25) is 10.0 Å². The zero-order valence-corrected chi connectivity index (χ0v) is 12.6. The Morgan fingerprint density at radius 3 is 2.50 bits per heavy atom. The average Bonchev–Trinajstić information content (AvgIpc) is 3.19. The van der Waals surface area contributed by atoms with E-state index in [0.29, 0.717) is 12.5 Å². The summed E-state index contributed by atoms with van der Waals surface area (Å²) in [6, 6.07) is 1.91. The van der Waals surface area contributed by atoms with Crippen LogP contribution in [0.15, 0.2) is 17.0 Å². The van der Waals surface area contributed by atoms with E-state index in [0.717, 1.165) is 25.0 Å². The maximum atomic E-state index is 14.1. The van der Waals surface area contributed by atoms with E-state index in [4.69, 9.17) is 11.6 Å². The number of alkyl halides is 1. The van der Waals surface area contributed by atoms with E-state index in [1.54, 1.807) is 6.92 Å². The number of halogens is 3. The van der Waals surface area contributed by atoms with Crippen LogP contribution >= 0.6 is 11.6 Å². The maximum absolute atomic E-state index is 14.1. The van der Waals surface area contributed by atoms with Crippen molar-refractivity contribution < 1.29 is 17.2 Å². The third kappa shape index (κ3) is 2.97. The van der Waals surface area contributed by atoms with Gasteiger partial charge in [-0.1, -0.05) is 6.92 Å². The number of hydrogen-bond donors (Lipinski definition) is 0. The quantitative estimate of drug-likeness (QED) is 0.754. The van der Waals surface area contributed by atoms with Gasteiger partial charge in [0, 0.05) is 18.7 Å². The second kappa shape index (κ2) is 5.95. The summed E-state index contributed by atoms with van der Waals surface area (Å²) in [5.74, 6) is -1.98. The molecule has 0 spiro atoms. The highest BCUT2D eigenvalue weighted by Gasteiger charge is 2.33. The van der Waals surface area contributed by atoms with Crippen molar-refractivity contribution in [2.24, 2.45) is 5.92 Å². The molecule has 2 rings (SSSR count). The molecule has 0 N–H and O–H groups in total. The van der Waals surface area contributed by atoms with E-state index in [1.807, 2.05) is 0 Å². The molecule has 0 amide bonds. The lowest BCUT2D eigenvalue weighted by Gasteiger charge is -2.21. The van der Waals surface area contributed by atoms with Gasteiger partial charge in [-0.3, -0.25) is 0 Å². The minimum atomic E-state index is -3.95. The van der Waals surface area contributed by atoms with E-state index in [-0.39, 0.29) is 6.54 Å². The van der Waals surface area contributed by atoms with E-state index in [2.05, 4.69) is 0 Å². The van der Waals surface area contributed by atoms with Crippen molar-refractivity contribution in [2.45, 2.75) is 30.5 Å². The predicted molar refractivity (Wildman–Crippen MR) is 73.1 cm³/mol. The molecule has 0 saturated heterocycles. The molecule has 1 saturated carbocycles. The fraction of sp³-hybridized carbons (Fsp3) is 0.538. The molecule has 20 heavy (non-hydrogen) atoms. The number of rotatable bonds is 6. The first-order chi connectivity index (χ1) is 9.41. The predicted octanol–water partition coefficient (Wildman–Crippen LogP) is 3.12. The molecule has 0 unspecified atom stereocenters. The van der Waals surface area contributed by atoms with Gasteiger partial charge in [-0.25, -0.2) is 17.2 Å². The minimum Gasteiger partial charge on any atom is -0.207 e. The number of sulfonamides is 1. The summed E-state index contributed by atoms with van der Waals surface area (Å²) in [6.07, 6.45) is 1.98. The van der Waals surface area contributed by atoms with Crippen LogP contribution in [-0.4, -0.2) is 25.8 Å². The minimum absolute atomic E-state index is 0.256. The monoisotopic (exact) mass is 323 g/mol. The second-order valence-corrected chi connectivity index (χ2v) is 7.04. The third-order valence-electron chi connectivity index (χ3n) is 3.41. The Bertz CT molecular complexity index is 603. The molecule has 0 radical (unpaired) electrons. The van der Waals surface area contributed by atoms with Crippen LogP contribution in [0.1, 0.15) is 25.3 Å². The van der Waals surface area contributed by atoms with Crippen LogP contribution < -0.4 is 0 Å². The van der Waals surface area contributed by atoms with Crippen molar-refractivity contribution >= 4 is 21.6 Å². The van der Waals surface area contributed by atoms with Crippen LogP contribution in [0, 0.1) is 17.6 Å². The van der Waals surface area contributed by atoms with E-state index >= 15 is 0 Å². The van der Waals surface area contributed by atoms with Gasteiger partial charge in [0.25, 0.3) is 0 Å². The van der Waals surface area contributed by atoms with Crippen molar-refractivity contribution in [2.75, 3.05) is 13.1 Å². The Morgan fingerprint density at radius 2 is 2.00 bits per heavy atom. The first kappa shape index (κ1) is 15.7. The van der Waals surface area contributed by atoms with Gasteiger partial charge in [0.05, 0.1) is 5.88 Å². The molecular weight excluding hydrogens is 308 g/mol. The normalized spacial score (nSPS) is 15.8. The van der Waals surface area contributed by atoms with Gasteiger partial charge in [-0.2, -0.15) is 4.31 Å². The zero-order valence-electron chi connectivity index (χ0n) is 11.1. The van der Waals surface area contributed by atoms with E-state index in [1.165, 1.54) is 4.31 Å². The molecule has 1 aromatic rings. The summed E-state index contributed by atoms with van der Waals surface area (Å²) < 4.78 is 53.7. The van der Waals surface area contributed by atoms with Crippen molar-refractivity contribution in [3.05, 3.63) is 29.3 Å². The number of hydrogen-bond acceptors (Lipinski definition) is 2. The highest BCUT2D eigenvalue weighted by molar-refractivity contribution is 7.89. The lowest BCUT2D eigenvalue weighted by atomic mass is 10.2. The van der Waals surface area contributed by atoms with Gasteiger partial charge in [-0.15, -0.1) is 11.6 Å². The Morgan fingerprint density at radius 1 is 1.35 bits per heavy atom. The lowest BCUT2D eigenvalue weighted by molar-refractivity contribution is 0.407. The van der Waals surface area contributed by atoms with Crippen molar-refractivity contribution in [1.29, 1.82) is 0 Å². The molecule has 112 valence electrons. The smallest absolute Gasteiger partial charge is 0.207 e. The fourth-order valence-corrected chi connectivity index (χ4v) is 3.88. The summed E-state index contributed by atoms with van der Waals surface area (Å²) in [4.78, 5) is -0.503. The lowest BCUT2D eigenvalue weighted by Crippen LogP contribution is -2.33. The van der Waals surface area contributed by atoms with Crippen molar-refractivity contribution in [1.82, 2.24) is 4.31 Å².